The van der Waals surface area contributed by atoms with Crippen LogP contribution in [-0.2, 0) is 14.8 Å². The van der Waals surface area contributed by atoms with Crippen molar-refractivity contribution in [1.82, 2.24) is 4.31 Å². The second-order valence-corrected chi connectivity index (χ2v) is 6.95. The molecule has 1 aromatic heterocycles. The summed E-state index contributed by atoms with van der Waals surface area (Å²) in [7, 11) is -2.60. The van der Waals surface area contributed by atoms with Gasteiger partial charge in [-0.05, 0) is 24.3 Å². The minimum Gasteiger partial charge on any atom is -0.465 e. The van der Waals surface area contributed by atoms with Gasteiger partial charge in [-0.1, -0.05) is 6.92 Å². The van der Waals surface area contributed by atoms with E-state index in [0.717, 1.165) is 11.3 Å². The van der Waals surface area contributed by atoms with Gasteiger partial charge in [0.05, 0.1) is 13.7 Å². The van der Waals surface area contributed by atoms with Crippen LogP contribution in [0.2, 0.25) is 0 Å². The first-order valence-electron chi connectivity index (χ1n) is 6.17. The molecule has 0 atom stereocenters. The van der Waals surface area contributed by atoms with E-state index >= 15 is 0 Å². The van der Waals surface area contributed by atoms with Gasteiger partial charge in [-0.25, -0.2) is 13.2 Å². The summed E-state index contributed by atoms with van der Waals surface area (Å²) >= 11 is 1.05. The summed E-state index contributed by atoms with van der Waals surface area (Å²) in [6, 6.07) is 0. The van der Waals surface area contributed by atoms with Crippen molar-refractivity contribution in [2.75, 3.05) is 26.8 Å². The lowest BCUT2D eigenvalue weighted by Gasteiger charge is -2.21. The van der Waals surface area contributed by atoms with Crippen molar-refractivity contribution in [3.63, 3.8) is 0 Å². The van der Waals surface area contributed by atoms with Crippen LogP contribution in [0.1, 0.15) is 28.6 Å². The first-order valence-corrected chi connectivity index (χ1v) is 8.49. The van der Waals surface area contributed by atoms with Gasteiger partial charge in [-0.2, -0.15) is 4.31 Å². The molecular weight excluding hydrogens is 302 g/mol. The number of esters is 1. The Balaban J connectivity index is 3.33. The minimum absolute atomic E-state index is 0.00602. The first-order chi connectivity index (χ1) is 9.39. The van der Waals surface area contributed by atoms with E-state index < -0.39 is 16.0 Å². The van der Waals surface area contributed by atoms with E-state index in [1.165, 1.54) is 11.4 Å². The van der Waals surface area contributed by atoms with Crippen LogP contribution in [0, 0.1) is 6.92 Å². The Kier molecular flexibility index (Phi) is 6.12. The SMILES string of the molecule is CCCN(CCO)S(=O)(=O)c1c(C)csc1C(=O)OC. The van der Waals surface area contributed by atoms with Gasteiger partial charge < -0.3 is 9.84 Å². The number of ether oxygens (including phenoxy) is 1. The minimum atomic E-state index is -3.82. The molecule has 1 heterocycles. The molecule has 0 unspecified atom stereocenters. The number of aryl methyl sites for hydroxylation is 1. The smallest absolute Gasteiger partial charge is 0.349 e. The van der Waals surface area contributed by atoms with Gasteiger partial charge in [-0.3, -0.25) is 0 Å². The largest absolute Gasteiger partial charge is 0.465 e. The lowest BCUT2D eigenvalue weighted by atomic mass is 10.3. The summed E-state index contributed by atoms with van der Waals surface area (Å²) in [6.07, 6.45) is 0.621. The van der Waals surface area contributed by atoms with Crippen LogP contribution in [0.5, 0.6) is 0 Å². The molecule has 0 saturated carbocycles. The van der Waals surface area contributed by atoms with Crippen molar-refractivity contribution in [2.24, 2.45) is 0 Å². The third-order valence-electron chi connectivity index (χ3n) is 2.71. The van der Waals surface area contributed by atoms with Crippen molar-refractivity contribution < 1.29 is 23.1 Å². The highest BCUT2D eigenvalue weighted by Gasteiger charge is 2.32. The molecule has 0 aliphatic carbocycles. The average Bonchev–Trinajstić information content (AvgIpc) is 2.80. The number of aliphatic hydroxyl groups is 1. The summed E-state index contributed by atoms with van der Waals surface area (Å²) in [5.41, 5.74) is 0.509. The van der Waals surface area contributed by atoms with E-state index in [9.17, 15) is 13.2 Å². The number of rotatable bonds is 7. The van der Waals surface area contributed by atoms with Crippen LogP contribution >= 0.6 is 11.3 Å². The average molecular weight is 321 g/mol. The molecule has 1 aromatic rings. The van der Waals surface area contributed by atoms with E-state index in [2.05, 4.69) is 4.74 Å². The summed E-state index contributed by atoms with van der Waals surface area (Å²) in [4.78, 5) is 11.7. The Labute approximate surface area is 123 Å². The van der Waals surface area contributed by atoms with Crippen LogP contribution in [0.3, 0.4) is 0 Å². The maximum atomic E-state index is 12.6. The predicted molar refractivity (Wildman–Crippen MR) is 76.5 cm³/mol. The van der Waals surface area contributed by atoms with Crippen molar-refractivity contribution >= 4 is 27.3 Å². The zero-order valence-electron chi connectivity index (χ0n) is 11.7. The molecule has 0 aliphatic heterocycles. The highest BCUT2D eigenvalue weighted by atomic mass is 32.2. The zero-order chi connectivity index (χ0) is 15.3. The highest BCUT2D eigenvalue weighted by Crippen LogP contribution is 2.30. The van der Waals surface area contributed by atoms with Gasteiger partial charge in [-0.15, -0.1) is 11.3 Å². The molecule has 0 radical (unpaired) electrons. The number of sulfonamides is 1. The van der Waals surface area contributed by atoms with E-state index in [1.54, 1.807) is 12.3 Å². The first kappa shape index (κ1) is 17.1. The molecule has 6 nitrogen and oxygen atoms in total. The van der Waals surface area contributed by atoms with E-state index in [0.29, 0.717) is 18.5 Å². The fourth-order valence-electron chi connectivity index (χ4n) is 1.83. The second kappa shape index (κ2) is 7.16. The molecule has 0 bridgehead atoms. The Morgan fingerprint density at radius 1 is 1.45 bits per heavy atom. The van der Waals surface area contributed by atoms with Crippen LogP contribution in [0.25, 0.3) is 0 Å². The predicted octanol–water partition coefficient (Wildman–Crippen LogP) is 1.24. The molecule has 0 aliphatic rings. The van der Waals surface area contributed by atoms with Crippen molar-refractivity contribution in [3.8, 4) is 0 Å². The topological polar surface area (TPSA) is 83.9 Å². The van der Waals surface area contributed by atoms with Crippen LogP contribution in [0.4, 0.5) is 0 Å². The monoisotopic (exact) mass is 321 g/mol. The molecule has 0 saturated heterocycles. The standard InChI is InChI=1S/C12H19NO5S2/c1-4-5-13(6-7-14)20(16,17)11-9(2)8-19-10(11)12(15)18-3/h8,14H,4-7H2,1-3H3. The van der Waals surface area contributed by atoms with E-state index in [1.807, 2.05) is 6.92 Å². The third-order valence-corrected chi connectivity index (χ3v) is 6.00. The molecule has 1 N–H and O–H groups in total. The number of nitrogens with zero attached hydrogens (tertiary/aromatic N) is 1. The number of hydrogen-bond acceptors (Lipinski definition) is 6. The van der Waals surface area contributed by atoms with Crippen molar-refractivity contribution in [2.45, 2.75) is 25.2 Å². The Hall–Kier alpha value is -0.960. The Morgan fingerprint density at radius 2 is 2.10 bits per heavy atom. The van der Waals surface area contributed by atoms with Gasteiger partial charge in [0.25, 0.3) is 0 Å². The molecule has 0 amide bonds. The van der Waals surface area contributed by atoms with Gasteiger partial charge in [0.15, 0.2) is 0 Å². The van der Waals surface area contributed by atoms with Gasteiger partial charge in [0.1, 0.15) is 9.77 Å². The number of hydrogen-bond donors (Lipinski definition) is 1. The molecule has 8 heteroatoms. The van der Waals surface area contributed by atoms with Gasteiger partial charge in [0, 0.05) is 13.1 Å². The van der Waals surface area contributed by atoms with Crippen molar-refractivity contribution in [3.05, 3.63) is 15.8 Å². The molecule has 1 rings (SSSR count). The summed E-state index contributed by atoms with van der Waals surface area (Å²) in [5.74, 6) is -0.665. The fourth-order valence-corrected chi connectivity index (χ4v) is 5.01. The van der Waals surface area contributed by atoms with Crippen LogP contribution in [-0.4, -0.2) is 50.6 Å². The Bertz CT molecular complexity index is 558. The maximum absolute atomic E-state index is 12.6. The second-order valence-electron chi connectivity index (χ2n) is 4.20. The maximum Gasteiger partial charge on any atom is 0.349 e. The molecule has 0 aromatic carbocycles. The Morgan fingerprint density at radius 3 is 2.60 bits per heavy atom. The summed E-state index contributed by atoms with van der Waals surface area (Å²) in [6.45, 7) is 3.52. The number of carbonyl (C=O) groups is 1. The lowest BCUT2D eigenvalue weighted by molar-refractivity contribution is 0.0602. The molecule has 20 heavy (non-hydrogen) atoms. The quantitative estimate of drug-likeness (QED) is 0.764. The number of aliphatic hydroxyl groups excluding tert-OH is 1. The fraction of sp³-hybridized carbons (Fsp3) is 0.583. The summed E-state index contributed by atoms with van der Waals surface area (Å²) < 4.78 is 31.1. The van der Waals surface area contributed by atoms with E-state index in [4.69, 9.17) is 5.11 Å². The molecule has 0 fully saturated rings. The lowest BCUT2D eigenvalue weighted by Crippen LogP contribution is -2.35. The number of methoxy groups -OCH3 is 1. The summed E-state index contributed by atoms with van der Waals surface area (Å²) in [5, 5.41) is 10.6. The van der Waals surface area contributed by atoms with Crippen LogP contribution < -0.4 is 0 Å². The normalized spacial score (nSPS) is 11.8. The highest BCUT2D eigenvalue weighted by molar-refractivity contribution is 7.89. The number of thiophene rings is 1. The van der Waals surface area contributed by atoms with Gasteiger partial charge in [0.2, 0.25) is 10.0 Å². The van der Waals surface area contributed by atoms with E-state index in [-0.39, 0.29) is 22.9 Å². The van der Waals surface area contributed by atoms with Crippen molar-refractivity contribution in [1.29, 1.82) is 0 Å². The van der Waals surface area contributed by atoms with Gasteiger partial charge >= 0.3 is 5.97 Å². The third kappa shape index (κ3) is 3.38. The van der Waals surface area contributed by atoms with Crippen LogP contribution in [0.15, 0.2) is 10.3 Å². The molecule has 0 spiro atoms. The molecule has 114 valence electrons. The number of carbonyl (C=O) groups excluding carboxylic acids is 1. The molecular formula is C12H19NO5S2. The zero-order valence-corrected chi connectivity index (χ0v) is 13.4.